The molecule has 1 unspecified atom stereocenters. The van der Waals surface area contributed by atoms with Crippen molar-refractivity contribution in [2.45, 2.75) is 51.6 Å². The molecule has 1 aliphatic carbocycles. The van der Waals surface area contributed by atoms with Gasteiger partial charge in [0.2, 0.25) is 11.8 Å². The van der Waals surface area contributed by atoms with Crippen LogP contribution in [0.3, 0.4) is 0 Å². The van der Waals surface area contributed by atoms with Crippen LogP contribution in [0, 0.1) is 17.6 Å². The van der Waals surface area contributed by atoms with Crippen molar-refractivity contribution in [3.8, 4) is 11.4 Å². The first-order chi connectivity index (χ1) is 14.0. The lowest BCUT2D eigenvalue weighted by atomic mass is 9.97. The second-order valence-electron chi connectivity index (χ2n) is 8.08. The number of amides is 2. The summed E-state index contributed by atoms with van der Waals surface area (Å²) in [6.07, 6.45) is 4.22. The molecule has 1 aromatic heterocycles. The summed E-state index contributed by atoms with van der Waals surface area (Å²) in [5.41, 5.74) is 2.14. The zero-order valence-electron chi connectivity index (χ0n) is 16.7. The fourth-order valence-electron chi connectivity index (χ4n) is 3.78. The van der Waals surface area contributed by atoms with Crippen molar-refractivity contribution in [3.05, 3.63) is 34.6 Å². The van der Waals surface area contributed by atoms with Gasteiger partial charge in [-0.05, 0) is 44.8 Å². The van der Waals surface area contributed by atoms with E-state index in [0.717, 1.165) is 37.1 Å². The van der Waals surface area contributed by atoms with Gasteiger partial charge in [0.1, 0.15) is 0 Å². The Labute approximate surface area is 175 Å². The highest BCUT2D eigenvalue weighted by atomic mass is 32.1. The molecular formula is C21H27N5O2S. The Bertz CT molecular complexity index is 945. The largest absolute Gasteiger partial charge is 0.353 e. The zero-order chi connectivity index (χ0) is 20.4. The number of nitrogens with one attached hydrogen (secondary N) is 2. The molecule has 2 heterocycles. The lowest BCUT2D eigenvalue weighted by Gasteiger charge is -2.32. The first kappa shape index (κ1) is 19.8. The summed E-state index contributed by atoms with van der Waals surface area (Å²) in [5, 5.41) is 10.2. The third kappa shape index (κ3) is 4.75. The molecule has 29 heavy (non-hydrogen) atoms. The van der Waals surface area contributed by atoms with Crippen LogP contribution in [-0.4, -0.2) is 50.6 Å². The molecule has 0 radical (unpaired) electrons. The van der Waals surface area contributed by atoms with Crippen LogP contribution in [0.15, 0.2) is 24.3 Å². The van der Waals surface area contributed by atoms with Crippen LogP contribution in [0.25, 0.3) is 11.4 Å². The lowest BCUT2D eigenvalue weighted by Crippen LogP contribution is -2.46. The Hall–Kier alpha value is -2.48. The molecule has 1 aromatic carbocycles. The third-order valence-electron chi connectivity index (χ3n) is 5.69. The van der Waals surface area contributed by atoms with Crippen molar-refractivity contribution < 1.29 is 9.59 Å². The number of aromatic amines is 1. The number of aromatic nitrogens is 3. The standard InChI is InChI=1S/C21H27N5O2S/c1-14-4-6-15(7-5-14)19-23-24-21(29)26(19)12-10-18(27)25-11-2-3-16(13-25)20(28)22-17-8-9-17/h4-7,16-17H,2-3,8-13H2,1H3,(H,22,28)(H,24,29). The highest BCUT2D eigenvalue weighted by molar-refractivity contribution is 7.71. The van der Waals surface area contributed by atoms with Gasteiger partial charge in [0, 0.05) is 37.7 Å². The van der Waals surface area contributed by atoms with Gasteiger partial charge in [0.15, 0.2) is 10.6 Å². The molecule has 2 N–H and O–H groups in total. The van der Waals surface area contributed by atoms with Crippen molar-refractivity contribution in [2.24, 2.45) is 5.92 Å². The number of likely N-dealkylation sites (tertiary alicyclic amines) is 1. The van der Waals surface area contributed by atoms with Crippen molar-refractivity contribution >= 4 is 24.0 Å². The number of piperidine rings is 1. The van der Waals surface area contributed by atoms with E-state index >= 15 is 0 Å². The van der Waals surface area contributed by atoms with Gasteiger partial charge in [0.25, 0.3) is 0 Å². The van der Waals surface area contributed by atoms with Crippen LogP contribution in [0.5, 0.6) is 0 Å². The molecule has 2 amide bonds. The normalized spacial score (nSPS) is 19.2. The van der Waals surface area contributed by atoms with Crippen LogP contribution >= 0.6 is 12.2 Å². The van der Waals surface area contributed by atoms with E-state index < -0.39 is 0 Å². The first-order valence-corrected chi connectivity index (χ1v) is 10.7. The predicted octanol–water partition coefficient (Wildman–Crippen LogP) is 2.82. The van der Waals surface area contributed by atoms with E-state index in [1.165, 1.54) is 5.56 Å². The van der Waals surface area contributed by atoms with Crippen molar-refractivity contribution in [1.29, 1.82) is 0 Å². The molecule has 154 valence electrons. The fourth-order valence-corrected chi connectivity index (χ4v) is 4.00. The van der Waals surface area contributed by atoms with E-state index in [1.54, 1.807) is 0 Å². The molecule has 1 atom stereocenters. The number of hydrogen-bond acceptors (Lipinski definition) is 4. The predicted molar refractivity (Wildman–Crippen MR) is 113 cm³/mol. The smallest absolute Gasteiger partial charge is 0.225 e. The average Bonchev–Trinajstić information content (AvgIpc) is 3.47. The maximum absolute atomic E-state index is 12.8. The Morgan fingerprint density at radius 1 is 1.24 bits per heavy atom. The molecule has 2 fully saturated rings. The molecular weight excluding hydrogens is 386 g/mol. The SMILES string of the molecule is Cc1ccc(-c2n[nH]c(=S)n2CCC(=O)N2CCCC(C(=O)NC3CC3)C2)cc1. The highest BCUT2D eigenvalue weighted by Gasteiger charge is 2.31. The Balaban J connectivity index is 1.38. The van der Waals surface area contributed by atoms with Gasteiger partial charge in [0.05, 0.1) is 5.92 Å². The minimum atomic E-state index is -0.0903. The summed E-state index contributed by atoms with van der Waals surface area (Å²) in [6, 6.07) is 8.43. The van der Waals surface area contributed by atoms with Crippen LogP contribution in [0.4, 0.5) is 0 Å². The summed E-state index contributed by atoms with van der Waals surface area (Å²) in [5.74, 6) is 0.811. The number of rotatable bonds is 6. The summed E-state index contributed by atoms with van der Waals surface area (Å²) in [4.78, 5) is 27.0. The van der Waals surface area contributed by atoms with Gasteiger partial charge in [-0.15, -0.1) is 0 Å². The molecule has 1 saturated carbocycles. The lowest BCUT2D eigenvalue weighted by molar-refractivity contribution is -0.135. The summed E-state index contributed by atoms with van der Waals surface area (Å²) < 4.78 is 2.38. The molecule has 2 aromatic rings. The van der Waals surface area contributed by atoms with E-state index in [-0.39, 0.29) is 17.7 Å². The van der Waals surface area contributed by atoms with Crippen molar-refractivity contribution in [2.75, 3.05) is 13.1 Å². The van der Waals surface area contributed by atoms with E-state index in [2.05, 4.69) is 15.5 Å². The van der Waals surface area contributed by atoms with E-state index in [0.29, 0.717) is 36.9 Å². The van der Waals surface area contributed by atoms with Crippen molar-refractivity contribution in [3.63, 3.8) is 0 Å². The maximum Gasteiger partial charge on any atom is 0.225 e. The summed E-state index contributed by atoms with van der Waals surface area (Å²) in [7, 11) is 0. The van der Waals surface area contributed by atoms with Crippen molar-refractivity contribution in [1.82, 2.24) is 25.0 Å². The number of H-pyrrole nitrogens is 1. The van der Waals surface area contributed by atoms with Crippen LogP contribution in [0.2, 0.25) is 0 Å². The molecule has 0 bridgehead atoms. The van der Waals surface area contributed by atoms with Gasteiger partial charge in [-0.2, -0.15) is 5.10 Å². The topological polar surface area (TPSA) is 83.0 Å². The Morgan fingerprint density at radius 3 is 2.72 bits per heavy atom. The number of hydrogen-bond donors (Lipinski definition) is 2. The molecule has 1 saturated heterocycles. The number of aryl methyl sites for hydroxylation is 1. The second kappa shape index (κ2) is 8.49. The second-order valence-corrected chi connectivity index (χ2v) is 8.47. The van der Waals surface area contributed by atoms with E-state index in [4.69, 9.17) is 12.2 Å². The Kier molecular flexibility index (Phi) is 5.80. The zero-order valence-corrected chi connectivity index (χ0v) is 17.5. The molecule has 7 nitrogen and oxygen atoms in total. The molecule has 8 heteroatoms. The first-order valence-electron chi connectivity index (χ1n) is 10.3. The van der Waals surface area contributed by atoms with Gasteiger partial charge in [-0.3, -0.25) is 19.3 Å². The van der Waals surface area contributed by atoms with Crippen LogP contribution < -0.4 is 5.32 Å². The molecule has 0 spiro atoms. The fraction of sp³-hybridized carbons (Fsp3) is 0.524. The number of benzene rings is 1. The van der Waals surface area contributed by atoms with E-state index in [1.807, 2.05) is 40.7 Å². The monoisotopic (exact) mass is 413 g/mol. The quantitative estimate of drug-likeness (QED) is 0.714. The molecule has 4 rings (SSSR count). The Morgan fingerprint density at radius 2 is 2.00 bits per heavy atom. The van der Waals surface area contributed by atoms with Gasteiger partial charge in [-0.1, -0.05) is 29.8 Å². The minimum Gasteiger partial charge on any atom is -0.353 e. The summed E-state index contributed by atoms with van der Waals surface area (Å²) in [6.45, 7) is 3.73. The van der Waals surface area contributed by atoms with Gasteiger partial charge >= 0.3 is 0 Å². The van der Waals surface area contributed by atoms with Crippen LogP contribution in [-0.2, 0) is 16.1 Å². The van der Waals surface area contributed by atoms with E-state index in [9.17, 15) is 9.59 Å². The average molecular weight is 414 g/mol. The van der Waals surface area contributed by atoms with Gasteiger partial charge < -0.3 is 10.2 Å². The van der Waals surface area contributed by atoms with Crippen LogP contribution in [0.1, 0.15) is 37.7 Å². The number of carbonyl (C=O) groups is 2. The van der Waals surface area contributed by atoms with Gasteiger partial charge in [-0.25, -0.2) is 0 Å². The number of carbonyl (C=O) groups excluding carboxylic acids is 2. The third-order valence-corrected chi connectivity index (χ3v) is 6.00. The minimum absolute atomic E-state index is 0.0619. The number of nitrogens with zero attached hydrogens (tertiary/aromatic N) is 3. The maximum atomic E-state index is 12.8. The molecule has 2 aliphatic rings. The molecule has 1 aliphatic heterocycles. The summed E-state index contributed by atoms with van der Waals surface area (Å²) >= 11 is 5.37. The highest BCUT2D eigenvalue weighted by Crippen LogP contribution is 2.23.